The van der Waals surface area contributed by atoms with Crippen LogP contribution in [0.5, 0.6) is 0 Å². The Hall–Kier alpha value is -1.85. The molecule has 0 N–H and O–H groups in total. The molecule has 0 saturated heterocycles. The molecule has 0 saturated carbocycles. The SMILES string of the molecule is C=CCn1c(SCc2ccc(C)cc2)nc2sccc2c1=O. The van der Waals surface area contributed by atoms with E-state index in [2.05, 4.69) is 42.8 Å². The maximum atomic E-state index is 12.5. The highest BCUT2D eigenvalue weighted by Crippen LogP contribution is 2.24. The van der Waals surface area contributed by atoms with Gasteiger partial charge in [0.2, 0.25) is 0 Å². The normalized spacial score (nSPS) is 11.0. The summed E-state index contributed by atoms with van der Waals surface area (Å²) in [5.41, 5.74) is 2.48. The van der Waals surface area contributed by atoms with Crippen LogP contribution in [0.1, 0.15) is 11.1 Å². The van der Waals surface area contributed by atoms with Crippen molar-refractivity contribution in [1.29, 1.82) is 0 Å². The fourth-order valence-corrected chi connectivity index (χ4v) is 3.93. The second kappa shape index (κ2) is 6.50. The molecule has 1 aromatic carbocycles. The summed E-state index contributed by atoms with van der Waals surface area (Å²) in [7, 11) is 0. The molecule has 0 atom stereocenters. The zero-order valence-electron chi connectivity index (χ0n) is 12.3. The largest absolute Gasteiger partial charge is 0.283 e. The lowest BCUT2D eigenvalue weighted by Crippen LogP contribution is -2.22. The summed E-state index contributed by atoms with van der Waals surface area (Å²) in [6, 6.07) is 10.3. The lowest BCUT2D eigenvalue weighted by molar-refractivity contribution is 0.673. The summed E-state index contributed by atoms with van der Waals surface area (Å²) >= 11 is 3.09. The Balaban J connectivity index is 1.94. The average Bonchev–Trinajstić information content (AvgIpc) is 2.99. The van der Waals surface area contributed by atoms with E-state index < -0.39 is 0 Å². The zero-order valence-corrected chi connectivity index (χ0v) is 13.9. The molecule has 0 unspecified atom stereocenters. The molecule has 3 aromatic rings. The summed E-state index contributed by atoms with van der Waals surface area (Å²) in [5, 5.41) is 3.35. The van der Waals surface area contributed by atoms with Crippen molar-refractivity contribution >= 4 is 33.3 Å². The molecule has 0 aliphatic rings. The number of thiophene rings is 1. The van der Waals surface area contributed by atoms with Crippen LogP contribution in [-0.2, 0) is 12.3 Å². The van der Waals surface area contributed by atoms with Crippen molar-refractivity contribution < 1.29 is 0 Å². The Morgan fingerprint density at radius 1 is 1.32 bits per heavy atom. The summed E-state index contributed by atoms with van der Waals surface area (Å²) in [5.74, 6) is 0.792. The first-order valence-corrected chi connectivity index (χ1v) is 8.83. The Morgan fingerprint density at radius 2 is 2.09 bits per heavy atom. The van der Waals surface area contributed by atoms with E-state index >= 15 is 0 Å². The summed E-state index contributed by atoms with van der Waals surface area (Å²) < 4.78 is 1.70. The van der Waals surface area contributed by atoms with E-state index in [0.29, 0.717) is 11.9 Å². The summed E-state index contributed by atoms with van der Waals surface area (Å²) in [4.78, 5) is 18.0. The predicted octanol–water partition coefficient (Wildman–Crippen LogP) is 4.24. The minimum atomic E-state index is 0.0116. The van der Waals surface area contributed by atoms with Gasteiger partial charge in [0.25, 0.3) is 5.56 Å². The Kier molecular flexibility index (Phi) is 4.45. The molecule has 0 spiro atoms. The molecule has 2 aromatic heterocycles. The lowest BCUT2D eigenvalue weighted by Gasteiger charge is -2.10. The van der Waals surface area contributed by atoms with Crippen LogP contribution in [0.25, 0.3) is 10.2 Å². The van der Waals surface area contributed by atoms with Crippen molar-refractivity contribution in [1.82, 2.24) is 9.55 Å². The molecule has 5 heteroatoms. The maximum Gasteiger partial charge on any atom is 0.263 e. The Labute approximate surface area is 137 Å². The number of thioether (sulfide) groups is 1. The molecule has 112 valence electrons. The number of hydrogen-bond donors (Lipinski definition) is 0. The van der Waals surface area contributed by atoms with Crippen molar-refractivity contribution in [3.8, 4) is 0 Å². The molecule has 0 aliphatic heterocycles. The van der Waals surface area contributed by atoms with Crippen molar-refractivity contribution in [2.24, 2.45) is 0 Å². The van der Waals surface area contributed by atoms with Crippen LogP contribution in [-0.4, -0.2) is 9.55 Å². The van der Waals surface area contributed by atoms with Gasteiger partial charge in [-0.1, -0.05) is 47.7 Å². The van der Waals surface area contributed by atoms with E-state index in [1.165, 1.54) is 22.5 Å². The molecule has 3 rings (SSSR count). The van der Waals surface area contributed by atoms with E-state index in [4.69, 9.17) is 0 Å². The van der Waals surface area contributed by atoms with E-state index in [1.54, 1.807) is 22.4 Å². The van der Waals surface area contributed by atoms with Gasteiger partial charge in [-0.2, -0.15) is 0 Å². The van der Waals surface area contributed by atoms with Crippen molar-refractivity contribution in [3.05, 3.63) is 69.8 Å². The van der Waals surface area contributed by atoms with E-state index in [9.17, 15) is 4.79 Å². The van der Waals surface area contributed by atoms with Gasteiger partial charge in [-0.15, -0.1) is 17.9 Å². The second-order valence-corrected chi connectivity index (χ2v) is 6.85. The molecular weight excluding hydrogens is 312 g/mol. The fraction of sp³-hybridized carbons (Fsp3) is 0.176. The number of fused-ring (bicyclic) bond motifs is 1. The van der Waals surface area contributed by atoms with Crippen LogP contribution < -0.4 is 5.56 Å². The van der Waals surface area contributed by atoms with Crippen LogP contribution in [0, 0.1) is 6.92 Å². The molecule has 0 bridgehead atoms. The molecule has 0 amide bonds. The monoisotopic (exact) mass is 328 g/mol. The van der Waals surface area contributed by atoms with E-state index in [1.807, 2.05) is 11.4 Å². The standard InChI is InChI=1S/C17H16N2OS2/c1-3-9-19-16(20)14-8-10-21-15(14)18-17(19)22-11-13-6-4-12(2)5-7-13/h3-8,10H,1,9,11H2,2H3. The number of aryl methyl sites for hydroxylation is 1. The van der Waals surface area contributed by atoms with Gasteiger partial charge < -0.3 is 0 Å². The minimum absolute atomic E-state index is 0.0116. The summed E-state index contributed by atoms with van der Waals surface area (Å²) in [6.45, 7) is 6.29. The third-order valence-electron chi connectivity index (χ3n) is 3.35. The third-order valence-corrected chi connectivity index (χ3v) is 5.20. The van der Waals surface area contributed by atoms with E-state index in [0.717, 1.165) is 15.7 Å². The molecule has 0 aliphatic carbocycles. The number of aromatic nitrogens is 2. The van der Waals surface area contributed by atoms with Gasteiger partial charge in [0.1, 0.15) is 4.83 Å². The quantitative estimate of drug-likeness (QED) is 0.399. The second-order valence-electron chi connectivity index (χ2n) is 5.01. The number of hydrogen-bond acceptors (Lipinski definition) is 4. The zero-order chi connectivity index (χ0) is 15.5. The lowest BCUT2D eigenvalue weighted by atomic mass is 10.2. The van der Waals surface area contributed by atoms with Gasteiger partial charge >= 0.3 is 0 Å². The number of nitrogens with zero attached hydrogens (tertiary/aromatic N) is 2. The van der Waals surface area contributed by atoms with Gasteiger partial charge in [0.05, 0.1) is 5.39 Å². The van der Waals surface area contributed by atoms with Gasteiger partial charge in [-0.25, -0.2) is 4.98 Å². The number of benzene rings is 1. The van der Waals surface area contributed by atoms with Crippen molar-refractivity contribution in [2.75, 3.05) is 0 Å². The first-order chi connectivity index (χ1) is 10.7. The summed E-state index contributed by atoms with van der Waals surface area (Å²) in [6.07, 6.45) is 1.73. The predicted molar refractivity (Wildman–Crippen MR) is 94.8 cm³/mol. The maximum absolute atomic E-state index is 12.5. The van der Waals surface area contributed by atoms with Crippen LogP contribution >= 0.6 is 23.1 Å². The highest BCUT2D eigenvalue weighted by atomic mass is 32.2. The fourth-order valence-electron chi connectivity index (χ4n) is 2.16. The van der Waals surface area contributed by atoms with Crippen LogP contribution in [0.4, 0.5) is 0 Å². The van der Waals surface area contributed by atoms with Gasteiger partial charge in [-0.05, 0) is 23.9 Å². The molecular formula is C17H16N2OS2. The molecule has 22 heavy (non-hydrogen) atoms. The van der Waals surface area contributed by atoms with Gasteiger partial charge in [-0.3, -0.25) is 9.36 Å². The molecule has 2 heterocycles. The highest BCUT2D eigenvalue weighted by Gasteiger charge is 2.11. The first kappa shape index (κ1) is 15.1. The van der Waals surface area contributed by atoms with Gasteiger partial charge in [0.15, 0.2) is 5.16 Å². The topological polar surface area (TPSA) is 34.9 Å². The van der Waals surface area contributed by atoms with Crippen molar-refractivity contribution in [3.63, 3.8) is 0 Å². The molecule has 0 radical (unpaired) electrons. The van der Waals surface area contributed by atoms with Crippen LogP contribution in [0.2, 0.25) is 0 Å². The highest BCUT2D eigenvalue weighted by molar-refractivity contribution is 7.98. The Morgan fingerprint density at radius 3 is 2.82 bits per heavy atom. The number of rotatable bonds is 5. The molecule has 0 fully saturated rings. The van der Waals surface area contributed by atoms with Crippen LogP contribution in [0.15, 0.2) is 58.3 Å². The smallest absolute Gasteiger partial charge is 0.263 e. The van der Waals surface area contributed by atoms with Crippen LogP contribution in [0.3, 0.4) is 0 Å². The Bertz CT molecular complexity index is 862. The third kappa shape index (κ3) is 3.00. The van der Waals surface area contributed by atoms with E-state index in [-0.39, 0.29) is 5.56 Å². The first-order valence-electron chi connectivity index (χ1n) is 6.96. The molecule has 3 nitrogen and oxygen atoms in total. The number of allylic oxidation sites excluding steroid dienone is 1. The van der Waals surface area contributed by atoms with Gasteiger partial charge in [0, 0.05) is 12.3 Å². The van der Waals surface area contributed by atoms with Crippen molar-refractivity contribution in [2.45, 2.75) is 24.4 Å². The average molecular weight is 328 g/mol. The minimum Gasteiger partial charge on any atom is -0.283 e.